The molecule has 3 rings (SSSR count). The molecule has 0 amide bonds. The summed E-state index contributed by atoms with van der Waals surface area (Å²) in [6.45, 7) is 5.27. The van der Waals surface area contributed by atoms with E-state index in [9.17, 15) is 9.70 Å². The third-order valence-corrected chi connectivity index (χ3v) is 4.80. The molecule has 3 aromatic rings. The van der Waals surface area contributed by atoms with Crippen LogP contribution >= 0.6 is 0 Å². The van der Waals surface area contributed by atoms with Gasteiger partial charge >= 0.3 is 5.97 Å². The number of hydrogen-bond donors (Lipinski definition) is 2. The maximum atomic E-state index is 13.5. The highest BCUT2D eigenvalue weighted by Gasteiger charge is 2.32. The van der Waals surface area contributed by atoms with Crippen LogP contribution in [0.2, 0.25) is 0 Å². The predicted molar refractivity (Wildman–Crippen MR) is 132 cm³/mol. The largest absolute Gasteiger partial charge is 0.459 e. The van der Waals surface area contributed by atoms with Gasteiger partial charge in [-0.2, -0.15) is 0 Å². The van der Waals surface area contributed by atoms with Crippen LogP contribution in [0.1, 0.15) is 37.5 Å². The summed E-state index contributed by atoms with van der Waals surface area (Å²) in [5, 5.41) is 2.84. The molecule has 0 aromatic heterocycles. The summed E-state index contributed by atoms with van der Waals surface area (Å²) in [5.41, 5.74) is 9.39. The van der Waals surface area contributed by atoms with Crippen molar-refractivity contribution in [3.05, 3.63) is 113 Å². The van der Waals surface area contributed by atoms with Crippen LogP contribution in [0.5, 0.6) is 0 Å². The van der Waals surface area contributed by atoms with Crippen molar-refractivity contribution in [2.45, 2.75) is 32.4 Å². The van der Waals surface area contributed by atoms with Gasteiger partial charge in [0.15, 0.2) is 0 Å². The number of hydrazine groups is 1. The fraction of sp³-hybridized carbons (Fsp3) is 0.222. The number of carbonyl (C=O) groups is 1. The molecule has 0 bridgehead atoms. The molecule has 6 nitrogen and oxygen atoms in total. The Bertz CT molecular complexity index is 1030. The minimum atomic E-state index is -0.913. The summed E-state index contributed by atoms with van der Waals surface area (Å²) in [6.07, 6.45) is 0. The fourth-order valence-electron chi connectivity index (χ4n) is 3.55. The van der Waals surface area contributed by atoms with Crippen molar-refractivity contribution in [2.75, 3.05) is 6.67 Å². The molecule has 0 spiro atoms. The molecule has 1 atom stereocenters. The van der Waals surface area contributed by atoms with Gasteiger partial charge in [-0.15, -0.1) is 4.91 Å². The van der Waals surface area contributed by atoms with Crippen LogP contribution in [0.3, 0.4) is 0 Å². The van der Waals surface area contributed by atoms with Crippen molar-refractivity contribution in [3.63, 3.8) is 0 Å². The van der Waals surface area contributed by atoms with Crippen LogP contribution in [0, 0.1) is 4.91 Å². The van der Waals surface area contributed by atoms with Crippen LogP contribution in [0.25, 0.3) is 11.1 Å². The zero-order valence-electron chi connectivity index (χ0n) is 19.1. The molecule has 170 valence electrons. The Morgan fingerprint density at radius 2 is 1.27 bits per heavy atom. The normalized spacial score (nSPS) is 12.0. The number of hydrogen-bond acceptors (Lipinski definition) is 6. The van der Waals surface area contributed by atoms with E-state index in [2.05, 4.69) is 16.0 Å². The molecular weight excluding hydrogens is 414 g/mol. The Hall–Kier alpha value is -3.61. The van der Waals surface area contributed by atoms with E-state index in [0.29, 0.717) is 0 Å². The van der Waals surface area contributed by atoms with Gasteiger partial charge in [0.2, 0.25) is 0 Å². The van der Waals surface area contributed by atoms with Crippen molar-refractivity contribution >= 4 is 17.1 Å². The van der Waals surface area contributed by atoms with Crippen molar-refractivity contribution < 1.29 is 9.53 Å². The molecule has 0 radical (unpaired) electrons. The standard InChI is InChI=1S/C27H29N3O3/c1-27(2,3)33-26(31)25(30-28-19-29-32)24(22-17-11-6-12-18-22)23(20-13-7-4-8-14-20)21-15-9-5-10-16-21/h4-18,25,28,30H,19H2,1-3H3/t25-/m1/s1. The quantitative estimate of drug-likeness (QED) is 0.157. The molecule has 33 heavy (non-hydrogen) atoms. The minimum absolute atomic E-state index is 0.201. The first kappa shape index (κ1) is 24.0. The van der Waals surface area contributed by atoms with E-state index in [-0.39, 0.29) is 6.67 Å². The summed E-state index contributed by atoms with van der Waals surface area (Å²) in [5.74, 6) is -0.468. The lowest BCUT2D eigenvalue weighted by Gasteiger charge is -2.28. The van der Waals surface area contributed by atoms with Gasteiger partial charge in [0, 0.05) is 0 Å². The number of ether oxygens (including phenoxy) is 1. The third-order valence-electron chi connectivity index (χ3n) is 4.80. The maximum Gasteiger partial charge on any atom is 0.329 e. The Labute approximate surface area is 194 Å². The van der Waals surface area contributed by atoms with Crippen molar-refractivity contribution in [3.8, 4) is 0 Å². The van der Waals surface area contributed by atoms with Crippen molar-refractivity contribution in [2.24, 2.45) is 5.18 Å². The van der Waals surface area contributed by atoms with E-state index in [1.807, 2.05) is 112 Å². The van der Waals surface area contributed by atoms with E-state index in [4.69, 9.17) is 4.74 Å². The summed E-state index contributed by atoms with van der Waals surface area (Å²) in [7, 11) is 0. The number of nitroso groups, excluding NO2 is 1. The molecule has 0 unspecified atom stereocenters. The van der Waals surface area contributed by atoms with E-state index >= 15 is 0 Å². The molecule has 6 heteroatoms. The number of nitrogens with one attached hydrogen (secondary N) is 2. The van der Waals surface area contributed by atoms with E-state index < -0.39 is 17.6 Å². The molecule has 0 fully saturated rings. The zero-order chi connectivity index (χ0) is 23.7. The number of benzene rings is 3. The summed E-state index contributed by atoms with van der Waals surface area (Å²) in [6, 6.07) is 28.6. The van der Waals surface area contributed by atoms with Crippen molar-refractivity contribution in [1.29, 1.82) is 0 Å². The molecule has 3 aromatic carbocycles. The Morgan fingerprint density at radius 1 is 0.818 bits per heavy atom. The molecule has 0 aliphatic heterocycles. The lowest BCUT2D eigenvalue weighted by atomic mass is 9.86. The van der Waals surface area contributed by atoms with Crippen LogP contribution in [-0.2, 0) is 9.53 Å². The highest BCUT2D eigenvalue weighted by Crippen LogP contribution is 2.35. The lowest BCUT2D eigenvalue weighted by Crippen LogP contribution is -2.48. The van der Waals surface area contributed by atoms with E-state index in [1.165, 1.54) is 0 Å². The molecule has 0 heterocycles. The van der Waals surface area contributed by atoms with Gasteiger partial charge in [-0.3, -0.25) is 0 Å². The van der Waals surface area contributed by atoms with E-state index in [0.717, 1.165) is 27.8 Å². The lowest BCUT2D eigenvalue weighted by molar-refractivity contribution is -0.156. The second-order valence-electron chi connectivity index (χ2n) is 8.46. The van der Waals surface area contributed by atoms with Gasteiger partial charge in [-0.1, -0.05) is 96.2 Å². The molecule has 0 aliphatic rings. The average molecular weight is 444 g/mol. The molecule has 2 N–H and O–H groups in total. The van der Waals surface area contributed by atoms with Gasteiger partial charge in [0.1, 0.15) is 18.3 Å². The van der Waals surface area contributed by atoms with Gasteiger partial charge in [0.05, 0.1) is 0 Å². The number of carbonyl (C=O) groups excluding carboxylic acids is 1. The molecular formula is C27H29N3O3. The number of rotatable bonds is 9. The monoisotopic (exact) mass is 443 g/mol. The number of nitrogens with zero attached hydrogens (tertiary/aromatic N) is 1. The van der Waals surface area contributed by atoms with E-state index in [1.54, 1.807) is 0 Å². The van der Waals surface area contributed by atoms with Crippen LogP contribution < -0.4 is 10.9 Å². The number of esters is 1. The first-order valence-electron chi connectivity index (χ1n) is 10.8. The highest BCUT2D eigenvalue weighted by atomic mass is 16.6. The second-order valence-corrected chi connectivity index (χ2v) is 8.46. The van der Waals surface area contributed by atoms with Crippen LogP contribution in [0.15, 0.2) is 96.2 Å². The second kappa shape index (κ2) is 11.3. The van der Waals surface area contributed by atoms with Gasteiger partial charge in [0.25, 0.3) is 0 Å². The Morgan fingerprint density at radius 3 is 1.70 bits per heavy atom. The van der Waals surface area contributed by atoms with Crippen molar-refractivity contribution in [1.82, 2.24) is 10.9 Å². The maximum absolute atomic E-state index is 13.5. The first-order chi connectivity index (χ1) is 15.9. The van der Waals surface area contributed by atoms with Gasteiger partial charge in [-0.05, 0) is 48.6 Å². The summed E-state index contributed by atoms with van der Waals surface area (Å²) < 4.78 is 5.77. The molecule has 0 saturated heterocycles. The first-order valence-corrected chi connectivity index (χ1v) is 10.8. The topological polar surface area (TPSA) is 79.8 Å². The van der Waals surface area contributed by atoms with Crippen LogP contribution in [0.4, 0.5) is 0 Å². The SMILES string of the molecule is CC(C)(C)OC(=O)[C@H](NNCN=O)C(=C(c1ccccc1)c1ccccc1)c1ccccc1. The highest BCUT2D eigenvalue weighted by molar-refractivity contribution is 6.07. The summed E-state index contributed by atoms with van der Waals surface area (Å²) >= 11 is 0. The van der Waals surface area contributed by atoms with Crippen LogP contribution in [-0.4, -0.2) is 24.3 Å². The smallest absolute Gasteiger partial charge is 0.329 e. The summed E-state index contributed by atoms with van der Waals surface area (Å²) in [4.78, 5) is 24.2. The molecule has 0 saturated carbocycles. The Balaban J connectivity index is 2.31. The predicted octanol–water partition coefficient (Wildman–Crippen LogP) is 5.17. The average Bonchev–Trinajstić information content (AvgIpc) is 2.81. The minimum Gasteiger partial charge on any atom is -0.459 e. The molecule has 0 aliphatic carbocycles. The van der Waals surface area contributed by atoms with Gasteiger partial charge < -0.3 is 4.74 Å². The third kappa shape index (κ3) is 6.68. The zero-order valence-corrected chi connectivity index (χ0v) is 19.1. The fourth-order valence-corrected chi connectivity index (χ4v) is 3.55. The van der Waals surface area contributed by atoms with Gasteiger partial charge in [-0.25, -0.2) is 15.6 Å². The Kier molecular flexibility index (Phi) is 8.24.